The van der Waals surface area contributed by atoms with Crippen molar-refractivity contribution in [1.82, 2.24) is 0 Å². The minimum atomic E-state index is -0.462. The summed E-state index contributed by atoms with van der Waals surface area (Å²) in [4.78, 5) is 12.1. The van der Waals surface area contributed by atoms with Crippen molar-refractivity contribution in [3.05, 3.63) is 64.1 Å². The minimum Gasteiger partial charge on any atom is -0.286 e. The Labute approximate surface area is 131 Å². The largest absolute Gasteiger partial charge is 0.286 e. The van der Waals surface area contributed by atoms with Crippen LogP contribution in [0.2, 0.25) is 10.0 Å². The molecule has 0 unspecified atom stereocenters. The highest BCUT2D eigenvalue weighted by Crippen LogP contribution is 2.25. The molecule has 0 aliphatic heterocycles. The van der Waals surface area contributed by atoms with E-state index < -0.39 is 5.78 Å². The third kappa shape index (κ3) is 3.82. The Hall–Kier alpha value is -2.35. The fourth-order valence-corrected chi connectivity index (χ4v) is 2.00. The fourth-order valence-electron chi connectivity index (χ4n) is 1.55. The summed E-state index contributed by atoms with van der Waals surface area (Å²) in [6, 6.07) is 15.0. The summed E-state index contributed by atoms with van der Waals surface area (Å²) in [5.74, 6) is -0.462. The van der Waals surface area contributed by atoms with Gasteiger partial charge in [-0.2, -0.15) is 10.4 Å². The summed E-state index contributed by atoms with van der Waals surface area (Å²) in [6.07, 6.45) is 0. The molecule has 0 spiro atoms. The van der Waals surface area contributed by atoms with E-state index >= 15 is 0 Å². The Morgan fingerprint density at radius 1 is 1.14 bits per heavy atom. The lowest BCUT2D eigenvalue weighted by Gasteiger charge is -2.04. The first-order chi connectivity index (χ1) is 10.1. The number of carbonyl (C=O) groups excluding carboxylic acids is 1. The molecule has 0 saturated carbocycles. The monoisotopic (exact) mass is 317 g/mol. The van der Waals surface area contributed by atoms with Crippen LogP contribution in [0, 0.1) is 11.3 Å². The van der Waals surface area contributed by atoms with Gasteiger partial charge in [-0.05, 0) is 18.2 Å². The number of rotatable bonds is 4. The number of Topliss-reactive ketones (excluding diaryl/α,β-unsaturated/α-hetero) is 1. The number of benzene rings is 2. The molecule has 0 aliphatic carbocycles. The number of hydrogen-bond acceptors (Lipinski definition) is 4. The first-order valence-electron chi connectivity index (χ1n) is 5.90. The van der Waals surface area contributed by atoms with Crippen molar-refractivity contribution in [2.45, 2.75) is 0 Å². The standard InChI is InChI=1S/C15H9Cl2N3O/c16-11-6-7-13(12(17)8-11)19-20-14(9-18)15(21)10-4-2-1-3-5-10/h1-8,19H/b20-14+. The molecule has 0 heterocycles. The summed E-state index contributed by atoms with van der Waals surface area (Å²) in [5, 5.41) is 13.7. The van der Waals surface area contributed by atoms with E-state index in [1.807, 2.05) is 0 Å². The fraction of sp³-hybridized carbons (Fsp3) is 0. The number of nitrogens with zero attached hydrogens (tertiary/aromatic N) is 2. The summed E-state index contributed by atoms with van der Waals surface area (Å²) in [7, 11) is 0. The number of nitriles is 1. The molecule has 0 fully saturated rings. The third-order valence-electron chi connectivity index (χ3n) is 2.58. The highest BCUT2D eigenvalue weighted by molar-refractivity contribution is 6.51. The van der Waals surface area contributed by atoms with Gasteiger partial charge in [0.15, 0.2) is 0 Å². The molecule has 2 aromatic rings. The van der Waals surface area contributed by atoms with Crippen LogP contribution in [0.25, 0.3) is 0 Å². The molecule has 0 bridgehead atoms. The molecule has 0 amide bonds. The van der Waals surface area contributed by atoms with Crippen molar-refractivity contribution in [1.29, 1.82) is 5.26 Å². The second kappa shape index (κ2) is 6.89. The summed E-state index contributed by atoms with van der Waals surface area (Å²) >= 11 is 11.8. The first kappa shape index (κ1) is 15.0. The van der Waals surface area contributed by atoms with Crippen LogP contribution in [0.3, 0.4) is 0 Å². The van der Waals surface area contributed by atoms with Gasteiger partial charge in [0.1, 0.15) is 6.07 Å². The number of anilines is 1. The van der Waals surface area contributed by atoms with Crippen molar-refractivity contribution in [3.63, 3.8) is 0 Å². The molecule has 21 heavy (non-hydrogen) atoms. The lowest BCUT2D eigenvalue weighted by Crippen LogP contribution is -2.14. The van der Waals surface area contributed by atoms with Crippen molar-refractivity contribution < 1.29 is 4.79 Å². The minimum absolute atomic E-state index is 0.257. The number of hydrogen-bond donors (Lipinski definition) is 1. The van der Waals surface area contributed by atoms with E-state index in [1.165, 1.54) is 6.07 Å². The maximum atomic E-state index is 12.1. The molecule has 2 aromatic carbocycles. The summed E-state index contributed by atoms with van der Waals surface area (Å²) < 4.78 is 0. The van der Waals surface area contributed by atoms with Crippen molar-refractivity contribution in [3.8, 4) is 6.07 Å². The van der Waals surface area contributed by atoms with Crippen LogP contribution in [0.1, 0.15) is 10.4 Å². The van der Waals surface area contributed by atoms with Gasteiger partial charge in [-0.25, -0.2) is 0 Å². The smallest absolute Gasteiger partial charge is 0.223 e. The molecule has 2 rings (SSSR count). The van der Waals surface area contributed by atoms with Gasteiger partial charge in [0.25, 0.3) is 0 Å². The van der Waals surface area contributed by atoms with Crippen LogP contribution in [0.15, 0.2) is 53.6 Å². The molecule has 0 aliphatic rings. The van der Waals surface area contributed by atoms with E-state index in [0.29, 0.717) is 21.3 Å². The summed E-state index contributed by atoms with van der Waals surface area (Å²) in [6.45, 7) is 0. The summed E-state index contributed by atoms with van der Waals surface area (Å²) in [5.41, 5.74) is 3.18. The van der Waals surface area contributed by atoms with Crippen LogP contribution < -0.4 is 5.43 Å². The number of halogens is 2. The van der Waals surface area contributed by atoms with Gasteiger partial charge in [-0.1, -0.05) is 53.5 Å². The van der Waals surface area contributed by atoms with Crippen molar-refractivity contribution in [2.24, 2.45) is 5.10 Å². The van der Waals surface area contributed by atoms with Crippen LogP contribution in [0.4, 0.5) is 5.69 Å². The molecule has 1 N–H and O–H groups in total. The Bertz CT molecular complexity index is 736. The van der Waals surface area contributed by atoms with E-state index in [-0.39, 0.29) is 5.71 Å². The van der Waals surface area contributed by atoms with Gasteiger partial charge in [-0.15, -0.1) is 0 Å². The molecule has 0 radical (unpaired) electrons. The highest BCUT2D eigenvalue weighted by atomic mass is 35.5. The van der Waals surface area contributed by atoms with Crippen LogP contribution in [0.5, 0.6) is 0 Å². The molecule has 0 saturated heterocycles. The van der Waals surface area contributed by atoms with Crippen LogP contribution in [-0.4, -0.2) is 11.5 Å². The Balaban J connectivity index is 2.22. The number of ketones is 1. The first-order valence-corrected chi connectivity index (χ1v) is 6.66. The average Bonchev–Trinajstić information content (AvgIpc) is 2.50. The van der Waals surface area contributed by atoms with Gasteiger partial charge < -0.3 is 0 Å². The molecule has 0 aromatic heterocycles. The lowest BCUT2D eigenvalue weighted by molar-refractivity contribution is 0.106. The SMILES string of the molecule is N#C/C(=N\Nc1ccc(Cl)cc1Cl)C(=O)c1ccccc1. The zero-order valence-electron chi connectivity index (χ0n) is 10.7. The van der Waals surface area contributed by atoms with E-state index in [0.717, 1.165) is 0 Å². The maximum absolute atomic E-state index is 12.1. The second-order valence-corrected chi connectivity index (χ2v) is 4.85. The number of nitrogens with one attached hydrogen (secondary N) is 1. The maximum Gasteiger partial charge on any atom is 0.223 e. The van der Waals surface area contributed by atoms with E-state index in [2.05, 4.69) is 10.5 Å². The number of hydrazone groups is 1. The van der Waals surface area contributed by atoms with Crippen LogP contribution >= 0.6 is 23.2 Å². The normalized spacial score (nSPS) is 10.8. The number of carbonyl (C=O) groups is 1. The van der Waals surface area contributed by atoms with E-state index in [4.69, 9.17) is 28.5 Å². The lowest BCUT2D eigenvalue weighted by atomic mass is 10.1. The van der Waals surface area contributed by atoms with E-state index in [9.17, 15) is 4.79 Å². The highest BCUT2D eigenvalue weighted by Gasteiger charge is 2.13. The predicted molar refractivity (Wildman–Crippen MR) is 83.9 cm³/mol. The van der Waals surface area contributed by atoms with Crippen molar-refractivity contribution >= 4 is 40.4 Å². The molecule has 104 valence electrons. The van der Waals surface area contributed by atoms with E-state index in [1.54, 1.807) is 48.5 Å². The zero-order chi connectivity index (χ0) is 15.2. The average molecular weight is 318 g/mol. The molecule has 4 nitrogen and oxygen atoms in total. The quantitative estimate of drug-likeness (QED) is 0.523. The second-order valence-electron chi connectivity index (χ2n) is 4.00. The topological polar surface area (TPSA) is 65.2 Å². The van der Waals surface area contributed by atoms with Gasteiger partial charge in [0, 0.05) is 10.6 Å². The molecule has 6 heteroatoms. The van der Waals surface area contributed by atoms with Gasteiger partial charge >= 0.3 is 0 Å². The Morgan fingerprint density at radius 3 is 2.48 bits per heavy atom. The third-order valence-corrected chi connectivity index (χ3v) is 3.12. The van der Waals surface area contributed by atoms with Gasteiger partial charge in [0.2, 0.25) is 11.5 Å². The zero-order valence-corrected chi connectivity index (χ0v) is 12.2. The Morgan fingerprint density at radius 2 is 1.86 bits per heavy atom. The molecule has 0 atom stereocenters. The van der Waals surface area contributed by atoms with Crippen molar-refractivity contribution in [2.75, 3.05) is 5.43 Å². The Kier molecular flexibility index (Phi) is 4.94. The molecular weight excluding hydrogens is 309 g/mol. The van der Waals surface area contributed by atoms with Gasteiger partial charge in [0.05, 0.1) is 10.7 Å². The van der Waals surface area contributed by atoms with Gasteiger partial charge in [-0.3, -0.25) is 10.2 Å². The predicted octanol–water partition coefficient (Wildman–Crippen LogP) is 4.17. The molecular formula is C15H9Cl2N3O. The van der Waals surface area contributed by atoms with Crippen LogP contribution in [-0.2, 0) is 0 Å².